The molecule has 23 heavy (non-hydrogen) atoms. The van der Waals surface area contributed by atoms with E-state index in [2.05, 4.69) is 43.3 Å². The fraction of sp³-hybridized carbons (Fsp3) is 0.550. The van der Waals surface area contributed by atoms with Crippen LogP contribution in [0.4, 0.5) is 0 Å². The molecule has 0 radical (unpaired) electrons. The van der Waals surface area contributed by atoms with Crippen LogP contribution in [-0.2, 0) is 17.6 Å². The van der Waals surface area contributed by atoms with E-state index in [0.29, 0.717) is 0 Å². The maximum atomic E-state index is 11.5. The monoisotopic (exact) mass is 317 g/mol. The highest BCUT2D eigenvalue weighted by Gasteiger charge is 2.36. The number of aliphatic hydroxyl groups excluding tert-OH is 1. The normalized spacial score (nSPS) is 17.0. The Morgan fingerprint density at radius 3 is 2.35 bits per heavy atom. The van der Waals surface area contributed by atoms with Crippen molar-refractivity contribution in [3.63, 3.8) is 0 Å². The third-order valence-electron chi connectivity index (χ3n) is 4.62. The molecule has 0 aromatic heterocycles. The third-order valence-corrected chi connectivity index (χ3v) is 4.62. The van der Waals surface area contributed by atoms with Gasteiger partial charge >= 0.3 is 0 Å². The summed E-state index contributed by atoms with van der Waals surface area (Å²) in [6.07, 6.45) is 7.16. The molecule has 3 N–H and O–H groups in total. The van der Waals surface area contributed by atoms with Crippen molar-refractivity contribution in [1.82, 2.24) is 0 Å². The Balaban J connectivity index is 2.39. The molecule has 1 aromatic carbocycles. The number of ketones is 1. The minimum Gasteiger partial charge on any atom is -0.390 e. The highest BCUT2D eigenvalue weighted by Crippen LogP contribution is 2.19. The number of carbonyl (C=O) groups is 1. The average Bonchev–Trinajstić information content (AvgIpc) is 2.53. The fourth-order valence-corrected chi connectivity index (χ4v) is 2.55. The average molecular weight is 317 g/mol. The van der Waals surface area contributed by atoms with Gasteiger partial charge in [-0.25, -0.2) is 0 Å². The largest absolute Gasteiger partial charge is 0.390 e. The molecule has 1 aromatic rings. The standard InChI is InChI=1S/C20H31NO2/c1-5-17-11-13-18(14-12-17)10-8-6-7-9-15(2)19(23)20(4,21)16(3)22/h6-7,11-15,19,23H,5,8-10,21H2,1-4H3/b7-6+. The van der Waals surface area contributed by atoms with Gasteiger partial charge < -0.3 is 10.8 Å². The van der Waals surface area contributed by atoms with Gasteiger partial charge in [0.05, 0.1) is 11.6 Å². The van der Waals surface area contributed by atoms with E-state index in [1.54, 1.807) is 6.92 Å². The van der Waals surface area contributed by atoms with Crippen LogP contribution < -0.4 is 5.73 Å². The number of nitrogens with two attached hydrogens (primary N) is 1. The molecule has 3 unspecified atom stereocenters. The quantitative estimate of drug-likeness (QED) is 0.686. The molecular weight excluding hydrogens is 286 g/mol. The van der Waals surface area contributed by atoms with E-state index in [1.165, 1.54) is 18.1 Å². The fourth-order valence-electron chi connectivity index (χ4n) is 2.55. The van der Waals surface area contributed by atoms with Crippen molar-refractivity contribution >= 4 is 5.78 Å². The van der Waals surface area contributed by atoms with E-state index in [0.717, 1.165) is 25.7 Å². The van der Waals surface area contributed by atoms with Crippen LogP contribution >= 0.6 is 0 Å². The van der Waals surface area contributed by atoms with Gasteiger partial charge in [0.15, 0.2) is 5.78 Å². The lowest BCUT2D eigenvalue weighted by Gasteiger charge is -2.31. The highest BCUT2D eigenvalue weighted by atomic mass is 16.3. The highest BCUT2D eigenvalue weighted by molar-refractivity contribution is 5.86. The van der Waals surface area contributed by atoms with Crippen molar-refractivity contribution in [2.75, 3.05) is 0 Å². The van der Waals surface area contributed by atoms with E-state index >= 15 is 0 Å². The Kier molecular flexibility index (Phi) is 7.66. The van der Waals surface area contributed by atoms with Gasteiger partial charge in [0.25, 0.3) is 0 Å². The number of hydrogen-bond donors (Lipinski definition) is 2. The minimum atomic E-state index is -1.17. The lowest BCUT2D eigenvalue weighted by molar-refractivity contribution is -0.126. The zero-order chi connectivity index (χ0) is 17.5. The Bertz CT molecular complexity index is 517. The van der Waals surface area contributed by atoms with Gasteiger partial charge in [-0.15, -0.1) is 0 Å². The van der Waals surface area contributed by atoms with Crippen LogP contribution in [-0.4, -0.2) is 22.5 Å². The molecule has 3 nitrogen and oxygen atoms in total. The van der Waals surface area contributed by atoms with Crippen molar-refractivity contribution < 1.29 is 9.90 Å². The Hall–Kier alpha value is -1.45. The molecular formula is C20H31NO2. The summed E-state index contributed by atoms with van der Waals surface area (Å²) in [5, 5.41) is 10.2. The number of aryl methyl sites for hydroxylation is 2. The summed E-state index contributed by atoms with van der Waals surface area (Å²) >= 11 is 0. The van der Waals surface area contributed by atoms with Gasteiger partial charge in [0, 0.05) is 0 Å². The zero-order valence-electron chi connectivity index (χ0n) is 14.9. The second-order valence-corrected chi connectivity index (χ2v) is 6.68. The van der Waals surface area contributed by atoms with Crippen LogP contribution in [0.3, 0.4) is 0 Å². The van der Waals surface area contributed by atoms with Crippen LogP contribution in [0, 0.1) is 5.92 Å². The van der Waals surface area contributed by atoms with E-state index in [4.69, 9.17) is 5.73 Å². The van der Waals surface area contributed by atoms with Gasteiger partial charge in [-0.05, 0) is 56.6 Å². The zero-order valence-corrected chi connectivity index (χ0v) is 14.9. The maximum absolute atomic E-state index is 11.5. The van der Waals surface area contributed by atoms with Crippen LogP contribution in [0.2, 0.25) is 0 Å². The van der Waals surface area contributed by atoms with Crippen LogP contribution in [0.15, 0.2) is 36.4 Å². The van der Waals surface area contributed by atoms with Gasteiger partial charge in [0.2, 0.25) is 0 Å². The summed E-state index contributed by atoms with van der Waals surface area (Å²) in [6.45, 7) is 7.11. The van der Waals surface area contributed by atoms with Crippen molar-refractivity contribution in [3.05, 3.63) is 47.5 Å². The van der Waals surface area contributed by atoms with Crippen LogP contribution in [0.25, 0.3) is 0 Å². The lowest BCUT2D eigenvalue weighted by atomic mass is 9.83. The van der Waals surface area contributed by atoms with Gasteiger partial charge in [-0.3, -0.25) is 4.79 Å². The Labute approximate surface area is 140 Å². The minimum absolute atomic E-state index is 0.0472. The topological polar surface area (TPSA) is 63.3 Å². The van der Waals surface area contributed by atoms with Gasteiger partial charge in [-0.2, -0.15) is 0 Å². The number of allylic oxidation sites excluding steroid dienone is 2. The number of Topliss-reactive ketones (excluding diaryl/α,β-unsaturated/α-hetero) is 1. The van der Waals surface area contributed by atoms with Crippen molar-refractivity contribution in [2.45, 2.75) is 65.0 Å². The number of benzene rings is 1. The molecule has 0 aliphatic heterocycles. The molecule has 0 fully saturated rings. The van der Waals surface area contributed by atoms with Gasteiger partial charge in [0.1, 0.15) is 0 Å². The summed E-state index contributed by atoms with van der Waals surface area (Å²) < 4.78 is 0. The Morgan fingerprint density at radius 2 is 1.83 bits per heavy atom. The number of aliphatic hydroxyl groups is 1. The smallest absolute Gasteiger partial charge is 0.151 e. The molecule has 0 aliphatic carbocycles. The first-order valence-electron chi connectivity index (χ1n) is 8.49. The molecule has 0 amide bonds. The Morgan fingerprint density at radius 1 is 1.26 bits per heavy atom. The molecule has 1 rings (SSSR count). The van der Waals surface area contributed by atoms with E-state index < -0.39 is 11.6 Å². The molecule has 0 saturated carbocycles. The van der Waals surface area contributed by atoms with E-state index in [-0.39, 0.29) is 11.7 Å². The van der Waals surface area contributed by atoms with Gasteiger partial charge in [-0.1, -0.05) is 50.3 Å². The van der Waals surface area contributed by atoms with Crippen molar-refractivity contribution in [1.29, 1.82) is 0 Å². The van der Waals surface area contributed by atoms with E-state index in [9.17, 15) is 9.90 Å². The molecule has 0 spiro atoms. The molecule has 0 heterocycles. The SMILES string of the molecule is CCc1ccc(CC/C=C/CC(C)C(O)C(C)(N)C(C)=O)cc1. The first kappa shape index (κ1) is 19.6. The molecule has 3 atom stereocenters. The molecule has 0 bridgehead atoms. The molecule has 0 saturated heterocycles. The van der Waals surface area contributed by atoms with Crippen molar-refractivity contribution in [3.8, 4) is 0 Å². The van der Waals surface area contributed by atoms with Crippen LogP contribution in [0.5, 0.6) is 0 Å². The third kappa shape index (κ3) is 5.92. The van der Waals surface area contributed by atoms with E-state index in [1.807, 2.05) is 6.92 Å². The van der Waals surface area contributed by atoms with Crippen molar-refractivity contribution in [2.24, 2.45) is 11.7 Å². The molecule has 128 valence electrons. The maximum Gasteiger partial charge on any atom is 0.151 e. The predicted molar refractivity (Wildman–Crippen MR) is 96.3 cm³/mol. The van der Waals surface area contributed by atoms with Crippen LogP contribution in [0.1, 0.15) is 51.7 Å². The summed E-state index contributed by atoms with van der Waals surface area (Å²) in [5.41, 5.74) is 7.44. The second kappa shape index (κ2) is 8.99. The first-order chi connectivity index (χ1) is 10.8. The first-order valence-corrected chi connectivity index (χ1v) is 8.49. The molecule has 0 aliphatic rings. The predicted octanol–water partition coefficient (Wildman–Crippen LogP) is 3.43. The second-order valence-electron chi connectivity index (χ2n) is 6.68. The lowest BCUT2D eigenvalue weighted by Crippen LogP contribution is -2.56. The molecule has 3 heteroatoms. The summed E-state index contributed by atoms with van der Waals surface area (Å²) in [5.74, 6) is -0.231. The number of rotatable bonds is 9. The summed E-state index contributed by atoms with van der Waals surface area (Å²) in [4.78, 5) is 11.5. The number of carbonyl (C=O) groups excluding carboxylic acids is 1. The summed E-state index contributed by atoms with van der Waals surface area (Å²) in [6, 6.07) is 8.74. The summed E-state index contributed by atoms with van der Waals surface area (Å²) in [7, 11) is 0. The number of hydrogen-bond acceptors (Lipinski definition) is 3.